The lowest BCUT2D eigenvalue weighted by atomic mass is 9.74. The summed E-state index contributed by atoms with van der Waals surface area (Å²) < 4.78 is 13.6. The van der Waals surface area contributed by atoms with Crippen molar-refractivity contribution in [3.63, 3.8) is 0 Å². The third-order valence-corrected chi connectivity index (χ3v) is 4.22. The lowest BCUT2D eigenvalue weighted by Gasteiger charge is -2.39. The summed E-state index contributed by atoms with van der Waals surface area (Å²) >= 11 is 5.94. The fraction of sp³-hybridized carbons (Fsp3) is 0.500. The summed E-state index contributed by atoms with van der Waals surface area (Å²) in [5.74, 6) is -1.31. The molecule has 0 saturated heterocycles. The summed E-state index contributed by atoms with van der Waals surface area (Å²) in [6.45, 7) is 6.98. The van der Waals surface area contributed by atoms with Crippen LogP contribution >= 0.6 is 11.6 Å². The third-order valence-electron chi connectivity index (χ3n) is 3.87. The quantitative estimate of drug-likeness (QED) is 0.872. The largest absolute Gasteiger partial charge is 0.481 e. The lowest BCUT2D eigenvalue weighted by molar-refractivity contribution is -0.151. The molecule has 0 atom stereocenters. The molecule has 0 aliphatic carbocycles. The molecule has 0 amide bonds. The zero-order chi connectivity index (χ0) is 14.8. The molecular formula is C14H19ClFNO2. The van der Waals surface area contributed by atoms with Gasteiger partial charge in [0.2, 0.25) is 0 Å². The standard InChI is InChI=1S/C14H19ClFNO2/c1-13(2,12(18)19)14(3,4)17-8-9-10(15)6-5-7-11(9)16/h5-7,17H,8H2,1-4H3,(H,18,19). The summed E-state index contributed by atoms with van der Waals surface area (Å²) in [7, 11) is 0. The number of rotatable bonds is 5. The first-order valence-electron chi connectivity index (χ1n) is 6.01. The second kappa shape index (κ2) is 5.47. The molecule has 0 fully saturated rings. The minimum atomic E-state index is -0.995. The molecule has 1 aromatic rings. The van der Waals surface area contributed by atoms with Crippen LogP contribution in [0.2, 0.25) is 5.02 Å². The molecule has 3 nitrogen and oxygen atoms in total. The van der Waals surface area contributed by atoms with Crippen molar-refractivity contribution in [3.05, 3.63) is 34.6 Å². The maximum Gasteiger partial charge on any atom is 0.310 e. The molecule has 0 aliphatic heterocycles. The Bertz CT molecular complexity index is 466. The Morgan fingerprint density at radius 2 is 1.95 bits per heavy atom. The third kappa shape index (κ3) is 3.25. The van der Waals surface area contributed by atoms with Gasteiger partial charge in [-0.3, -0.25) is 4.79 Å². The van der Waals surface area contributed by atoms with Gasteiger partial charge >= 0.3 is 5.97 Å². The van der Waals surface area contributed by atoms with E-state index in [4.69, 9.17) is 11.6 Å². The molecule has 0 spiro atoms. The van der Waals surface area contributed by atoms with Gasteiger partial charge in [0.15, 0.2) is 0 Å². The molecule has 1 rings (SSSR count). The predicted molar refractivity (Wildman–Crippen MR) is 73.7 cm³/mol. The molecule has 2 N–H and O–H groups in total. The average Bonchev–Trinajstić information content (AvgIpc) is 2.27. The highest BCUT2D eigenvalue weighted by Gasteiger charge is 2.43. The molecule has 0 aromatic heterocycles. The van der Waals surface area contributed by atoms with Gasteiger partial charge in [-0.15, -0.1) is 0 Å². The average molecular weight is 288 g/mol. The Balaban J connectivity index is 2.90. The van der Waals surface area contributed by atoms with Crippen molar-refractivity contribution in [2.45, 2.75) is 39.8 Å². The van der Waals surface area contributed by atoms with Gasteiger partial charge in [0.1, 0.15) is 5.82 Å². The van der Waals surface area contributed by atoms with E-state index in [0.29, 0.717) is 10.6 Å². The van der Waals surface area contributed by atoms with E-state index in [1.165, 1.54) is 12.1 Å². The number of hydrogen-bond donors (Lipinski definition) is 2. The van der Waals surface area contributed by atoms with E-state index in [0.717, 1.165) is 0 Å². The minimum absolute atomic E-state index is 0.176. The Morgan fingerprint density at radius 1 is 1.37 bits per heavy atom. The highest BCUT2D eigenvalue weighted by molar-refractivity contribution is 6.31. The summed E-state index contributed by atoms with van der Waals surface area (Å²) in [5.41, 5.74) is -1.37. The van der Waals surface area contributed by atoms with Gasteiger partial charge < -0.3 is 10.4 Å². The van der Waals surface area contributed by atoms with Gasteiger partial charge in [-0.2, -0.15) is 0 Å². The zero-order valence-electron chi connectivity index (χ0n) is 11.6. The van der Waals surface area contributed by atoms with Crippen molar-refractivity contribution in [2.24, 2.45) is 5.41 Å². The summed E-state index contributed by atoms with van der Waals surface area (Å²) in [4.78, 5) is 11.3. The number of carboxylic acids is 1. The van der Waals surface area contributed by atoms with Crippen LogP contribution < -0.4 is 5.32 Å². The first-order chi connectivity index (χ1) is 8.59. The molecule has 0 aliphatic rings. The Hall–Kier alpha value is -1.13. The first kappa shape index (κ1) is 15.9. The van der Waals surface area contributed by atoms with E-state index in [1.54, 1.807) is 33.8 Å². The minimum Gasteiger partial charge on any atom is -0.481 e. The normalized spacial score (nSPS) is 12.5. The van der Waals surface area contributed by atoms with Crippen molar-refractivity contribution in [3.8, 4) is 0 Å². The van der Waals surface area contributed by atoms with Crippen molar-refractivity contribution in [1.82, 2.24) is 5.32 Å². The van der Waals surface area contributed by atoms with Gasteiger partial charge in [0.05, 0.1) is 5.41 Å². The molecule has 0 heterocycles. The zero-order valence-corrected chi connectivity index (χ0v) is 12.3. The number of hydrogen-bond acceptors (Lipinski definition) is 2. The van der Waals surface area contributed by atoms with E-state index in [-0.39, 0.29) is 6.54 Å². The Labute approximate surface area is 117 Å². The molecule has 0 bridgehead atoms. The molecule has 106 valence electrons. The summed E-state index contributed by atoms with van der Waals surface area (Å²) in [5, 5.41) is 12.6. The van der Waals surface area contributed by atoms with Crippen LogP contribution in [0.3, 0.4) is 0 Å². The second-order valence-electron chi connectivity index (χ2n) is 5.61. The van der Waals surface area contributed by atoms with Crippen LogP contribution in [0.25, 0.3) is 0 Å². The summed E-state index contributed by atoms with van der Waals surface area (Å²) in [6, 6.07) is 4.47. The fourth-order valence-corrected chi connectivity index (χ4v) is 1.73. The lowest BCUT2D eigenvalue weighted by Crippen LogP contribution is -2.54. The molecule has 0 radical (unpaired) electrons. The van der Waals surface area contributed by atoms with Crippen LogP contribution in [0.4, 0.5) is 4.39 Å². The van der Waals surface area contributed by atoms with E-state index < -0.39 is 22.7 Å². The monoisotopic (exact) mass is 287 g/mol. The number of carboxylic acid groups (broad SMARTS) is 1. The molecule has 19 heavy (non-hydrogen) atoms. The van der Waals surface area contributed by atoms with Crippen molar-refractivity contribution in [1.29, 1.82) is 0 Å². The van der Waals surface area contributed by atoms with Crippen LogP contribution in [0.5, 0.6) is 0 Å². The number of benzene rings is 1. The van der Waals surface area contributed by atoms with E-state index in [9.17, 15) is 14.3 Å². The van der Waals surface area contributed by atoms with Gasteiger partial charge in [-0.05, 0) is 39.8 Å². The summed E-state index contributed by atoms with van der Waals surface area (Å²) in [6.07, 6.45) is 0. The molecule has 0 unspecified atom stereocenters. The molecular weight excluding hydrogens is 269 g/mol. The van der Waals surface area contributed by atoms with E-state index in [2.05, 4.69) is 5.32 Å². The van der Waals surface area contributed by atoms with Gasteiger partial charge in [-0.1, -0.05) is 17.7 Å². The van der Waals surface area contributed by atoms with Gasteiger partial charge in [0.25, 0.3) is 0 Å². The number of halogens is 2. The maximum absolute atomic E-state index is 13.6. The first-order valence-corrected chi connectivity index (χ1v) is 6.38. The Morgan fingerprint density at radius 3 is 2.42 bits per heavy atom. The maximum atomic E-state index is 13.6. The number of nitrogens with one attached hydrogen (secondary N) is 1. The highest BCUT2D eigenvalue weighted by Crippen LogP contribution is 2.31. The van der Waals surface area contributed by atoms with Gasteiger partial charge in [-0.25, -0.2) is 4.39 Å². The second-order valence-corrected chi connectivity index (χ2v) is 6.02. The van der Waals surface area contributed by atoms with Crippen molar-refractivity contribution < 1.29 is 14.3 Å². The Kier molecular flexibility index (Phi) is 4.59. The fourth-order valence-electron chi connectivity index (χ4n) is 1.50. The van der Waals surface area contributed by atoms with Crippen LogP contribution in [-0.4, -0.2) is 16.6 Å². The topological polar surface area (TPSA) is 49.3 Å². The molecule has 5 heteroatoms. The van der Waals surface area contributed by atoms with E-state index in [1.807, 2.05) is 0 Å². The number of carbonyl (C=O) groups is 1. The van der Waals surface area contributed by atoms with Gasteiger partial charge in [0, 0.05) is 22.7 Å². The SMILES string of the molecule is CC(C)(NCc1c(F)cccc1Cl)C(C)(C)C(=O)O. The highest BCUT2D eigenvalue weighted by atomic mass is 35.5. The van der Waals surface area contributed by atoms with E-state index >= 15 is 0 Å². The smallest absolute Gasteiger partial charge is 0.310 e. The van der Waals surface area contributed by atoms with Crippen LogP contribution in [0.1, 0.15) is 33.3 Å². The molecule has 1 aromatic carbocycles. The van der Waals surface area contributed by atoms with Crippen LogP contribution in [0, 0.1) is 11.2 Å². The van der Waals surface area contributed by atoms with Crippen LogP contribution in [0.15, 0.2) is 18.2 Å². The van der Waals surface area contributed by atoms with Crippen molar-refractivity contribution in [2.75, 3.05) is 0 Å². The number of aliphatic carboxylic acids is 1. The van der Waals surface area contributed by atoms with Crippen LogP contribution in [-0.2, 0) is 11.3 Å². The molecule has 0 saturated carbocycles. The van der Waals surface area contributed by atoms with Crippen molar-refractivity contribution >= 4 is 17.6 Å². The predicted octanol–water partition coefficient (Wildman–Crippen LogP) is 3.46.